The number of nitrogens with two attached hydrogens (primary N) is 1. The number of rotatable bonds is 6. The summed E-state index contributed by atoms with van der Waals surface area (Å²) in [5, 5.41) is 12.3. The van der Waals surface area contributed by atoms with Crippen LogP contribution in [0.4, 0.5) is 0 Å². The molecule has 0 rings (SSSR count). The quantitative estimate of drug-likeness (QED) is 0.524. The first-order valence-electron chi connectivity index (χ1n) is 5.14. The first kappa shape index (κ1) is 15.3. The predicted octanol–water partition coefficient (Wildman–Crippen LogP) is -0.790. The molecule has 0 bridgehead atoms. The van der Waals surface area contributed by atoms with Crippen LogP contribution in [0.5, 0.6) is 0 Å². The molecule has 0 aromatic carbocycles. The lowest BCUT2D eigenvalue weighted by Crippen LogP contribution is -2.50. The molecule has 6 nitrogen and oxygen atoms in total. The minimum absolute atomic E-state index is 0.136. The number of carbonyl (C=O) groups is 1. The summed E-state index contributed by atoms with van der Waals surface area (Å²) in [5.41, 5.74) is 4.67. The van der Waals surface area contributed by atoms with Gasteiger partial charge in [0.15, 0.2) is 6.29 Å². The highest BCUT2D eigenvalue weighted by Crippen LogP contribution is 2.11. The standard InChI is InChI=1S/C10H22N2O4/c1-10(2,3)16-9(14)7(6-15-4)12-8(13)5-11/h7,9,14H,5-6,11H2,1-4H3,(H,12,13). The van der Waals surface area contributed by atoms with Gasteiger partial charge < -0.3 is 25.6 Å². The maximum Gasteiger partial charge on any atom is 0.234 e. The van der Waals surface area contributed by atoms with Gasteiger partial charge in [-0.2, -0.15) is 0 Å². The Kier molecular flexibility index (Phi) is 6.51. The van der Waals surface area contributed by atoms with Crippen molar-refractivity contribution in [2.75, 3.05) is 20.3 Å². The third-order valence-electron chi connectivity index (χ3n) is 1.70. The molecule has 2 unspecified atom stereocenters. The Morgan fingerprint density at radius 2 is 2.06 bits per heavy atom. The molecule has 96 valence electrons. The molecule has 2 atom stereocenters. The van der Waals surface area contributed by atoms with Crippen LogP contribution in [0.15, 0.2) is 0 Å². The van der Waals surface area contributed by atoms with Crippen molar-refractivity contribution in [3.05, 3.63) is 0 Å². The highest BCUT2D eigenvalue weighted by atomic mass is 16.6. The molecule has 0 saturated heterocycles. The fraction of sp³-hybridized carbons (Fsp3) is 0.900. The average Bonchev–Trinajstić information content (AvgIpc) is 2.14. The Labute approximate surface area is 96.1 Å². The monoisotopic (exact) mass is 234 g/mol. The topological polar surface area (TPSA) is 93.8 Å². The third kappa shape index (κ3) is 6.73. The van der Waals surface area contributed by atoms with E-state index in [9.17, 15) is 9.90 Å². The summed E-state index contributed by atoms with van der Waals surface area (Å²) in [6.07, 6.45) is -1.13. The number of hydrogen-bond acceptors (Lipinski definition) is 5. The van der Waals surface area contributed by atoms with E-state index in [0.29, 0.717) is 0 Å². The molecular formula is C10H22N2O4. The minimum atomic E-state index is -1.13. The van der Waals surface area contributed by atoms with Crippen LogP contribution in [0.1, 0.15) is 20.8 Å². The van der Waals surface area contributed by atoms with Gasteiger partial charge in [-0.25, -0.2) is 0 Å². The summed E-state index contributed by atoms with van der Waals surface area (Å²) in [6, 6.07) is -0.625. The second-order valence-corrected chi connectivity index (χ2v) is 4.45. The summed E-state index contributed by atoms with van der Waals surface area (Å²) in [5.74, 6) is -0.362. The molecule has 0 aromatic rings. The molecular weight excluding hydrogens is 212 g/mol. The largest absolute Gasteiger partial charge is 0.382 e. The van der Waals surface area contributed by atoms with Crippen molar-refractivity contribution >= 4 is 5.91 Å². The van der Waals surface area contributed by atoms with Gasteiger partial charge in [0, 0.05) is 7.11 Å². The normalized spacial score (nSPS) is 15.6. The average molecular weight is 234 g/mol. The van der Waals surface area contributed by atoms with Crippen molar-refractivity contribution in [1.82, 2.24) is 5.32 Å². The summed E-state index contributed by atoms with van der Waals surface area (Å²) in [4.78, 5) is 11.1. The number of methoxy groups -OCH3 is 1. The molecule has 0 spiro atoms. The zero-order chi connectivity index (χ0) is 12.8. The zero-order valence-corrected chi connectivity index (χ0v) is 10.3. The lowest BCUT2D eigenvalue weighted by atomic mass is 10.2. The molecule has 0 fully saturated rings. The van der Waals surface area contributed by atoms with Gasteiger partial charge in [0.2, 0.25) is 5.91 Å². The fourth-order valence-electron chi connectivity index (χ4n) is 1.08. The van der Waals surface area contributed by atoms with Crippen LogP contribution < -0.4 is 11.1 Å². The summed E-state index contributed by atoms with van der Waals surface area (Å²) in [7, 11) is 1.48. The summed E-state index contributed by atoms with van der Waals surface area (Å²) >= 11 is 0. The highest BCUT2D eigenvalue weighted by Gasteiger charge is 2.26. The molecule has 4 N–H and O–H groups in total. The van der Waals surface area contributed by atoms with Crippen LogP contribution in [0.3, 0.4) is 0 Å². The first-order valence-corrected chi connectivity index (χ1v) is 5.14. The molecule has 0 saturated carbocycles. The lowest BCUT2D eigenvalue weighted by Gasteiger charge is -2.29. The van der Waals surface area contributed by atoms with Gasteiger partial charge in [0.25, 0.3) is 0 Å². The maximum atomic E-state index is 11.1. The zero-order valence-electron chi connectivity index (χ0n) is 10.3. The van der Waals surface area contributed by atoms with E-state index in [1.54, 1.807) is 0 Å². The second kappa shape index (κ2) is 6.80. The predicted molar refractivity (Wildman–Crippen MR) is 59.7 cm³/mol. The summed E-state index contributed by atoms with van der Waals surface area (Å²) < 4.78 is 10.2. The number of carbonyl (C=O) groups excluding carboxylic acids is 1. The Morgan fingerprint density at radius 3 is 2.44 bits per heavy atom. The van der Waals surface area contributed by atoms with Gasteiger partial charge >= 0.3 is 0 Å². The Hall–Kier alpha value is -0.690. The maximum absolute atomic E-state index is 11.1. The molecule has 0 aliphatic heterocycles. The highest BCUT2D eigenvalue weighted by molar-refractivity contribution is 5.78. The number of nitrogens with one attached hydrogen (secondary N) is 1. The number of aliphatic hydroxyl groups is 1. The van der Waals surface area contributed by atoms with E-state index in [4.69, 9.17) is 15.2 Å². The molecule has 16 heavy (non-hydrogen) atoms. The van der Waals surface area contributed by atoms with Crippen LogP contribution in [-0.4, -0.2) is 49.2 Å². The van der Waals surface area contributed by atoms with E-state index >= 15 is 0 Å². The van der Waals surface area contributed by atoms with Gasteiger partial charge in [-0.05, 0) is 20.8 Å². The Morgan fingerprint density at radius 1 is 1.50 bits per heavy atom. The van der Waals surface area contributed by atoms with E-state index in [1.807, 2.05) is 20.8 Å². The number of ether oxygens (including phenoxy) is 2. The Bertz CT molecular complexity index is 215. The van der Waals surface area contributed by atoms with Crippen LogP contribution in [-0.2, 0) is 14.3 Å². The third-order valence-corrected chi connectivity index (χ3v) is 1.70. The van der Waals surface area contributed by atoms with Gasteiger partial charge in [-0.1, -0.05) is 0 Å². The van der Waals surface area contributed by atoms with Crippen molar-refractivity contribution in [2.24, 2.45) is 5.73 Å². The van der Waals surface area contributed by atoms with Crippen LogP contribution in [0.2, 0.25) is 0 Å². The van der Waals surface area contributed by atoms with E-state index in [0.717, 1.165) is 0 Å². The van der Waals surface area contributed by atoms with Gasteiger partial charge in [-0.3, -0.25) is 4.79 Å². The molecule has 6 heteroatoms. The van der Waals surface area contributed by atoms with Gasteiger partial charge in [0.1, 0.15) is 6.04 Å². The molecule has 0 heterocycles. The smallest absolute Gasteiger partial charge is 0.234 e. The van der Waals surface area contributed by atoms with Crippen molar-refractivity contribution in [1.29, 1.82) is 0 Å². The first-order chi connectivity index (χ1) is 7.30. The van der Waals surface area contributed by atoms with Gasteiger partial charge in [0.05, 0.1) is 18.8 Å². The van der Waals surface area contributed by atoms with E-state index in [-0.39, 0.29) is 19.1 Å². The van der Waals surface area contributed by atoms with Crippen LogP contribution in [0, 0.1) is 0 Å². The van der Waals surface area contributed by atoms with Crippen molar-refractivity contribution < 1.29 is 19.4 Å². The van der Waals surface area contributed by atoms with Crippen molar-refractivity contribution in [3.8, 4) is 0 Å². The SMILES string of the molecule is COCC(NC(=O)CN)C(O)OC(C)(C)C. The molecule has 1 amide bonds. The molecule has 0 aliphatic rings. The van der Waals surface area contributed by atoms with Gasteiger partial charge in [-0.15, -0.1) is 0 Å². The second-order valence-electron chi connectivity index (χ2n) is 4.45. The van der Waals surface area contributed by atoms with Crippen LogP contribution >= 0.6 is 0 Å². The minimum Gasteiger partial charge on any atom is -0.382 e. The number of hydrogen-bond donors (Lipinski definition) is 3. The fourth-order valence-corrected chi connectivity index (χ4v) is 1.08. The Balaban J connectivity index is 4.34. The molecule has 0 aromatic heterocycles. The van der Waals surface area contributed by atoms with Crippen molar-refractivity contribution in [3.63, 3.8) is 0 Å². The van der Waals surface area contributed by atoms with Crippen molar-refractivity contribution in [2.45, 2.75) is 38.7 Å². The van der Waals surface area contributed by atoms with Crippen LogP contribution in [0.25, 0.3) is 0 Å². The van der Waals surface area contributed by atoms with E-state index in [2.05, 4.69) is 5.32 Å². The number of amides is 1. The molecule has 0 radical (unpaired) electrons. The number of aliphatic hydroxyl groups excluding tert-OH is 1. The van der Waals surface area contributed by atoms with E-state index < -0.39 is 17.9 Å². The summed E-state index contributed by atoms with van der Waals surface area (Å²) in [6.45, 7) is 5.45. The lowest BCUT2D eigenvalue weighted by molar-refractivity contribution is -0.187. The molecule has 0 aliphatic carbocycles. The van der Waals surface area contributed by atoms with E-state index in [1.165, 1.54) is 7.11 Å².